The van der Waals surface area contributed by atoms with Gasteiger partial charge < -0.3 is 23.7 Å². The Morgan fingerprint density at radius 3 is 2.10 bits per heavy atom. The molecule has 0 aliphatic rings. The number of hydrogen-bond acceptors (Lipinski definition) is 8. The number of carbonyl (C=O) groups is 2. The molecular formula is C21H37NO7. The van der Waals surface area contributed by atoms with Crippen LogP contribution in [0.2, 0.25) is 0 Å². The molecule has 0 amide bonds. The molecule has 1 heterocycles. The second kappa shape index (κ2) is 20.7. The summed E-state index contributed by atoms with van der Waals surface area (Å²) >= 11 is 0. The molecule has 1 atom stereocenters. The average molecular weight is 416 g/mol. The molecule has 0 N–H and O–H groups in total. The molecule has 0 radical (unpaired) electrons. The minimum Gasteiger partial charge on any atom is -0.459 e. The van der Waals surface area contributed by atoms with Crippen molar-refractivity contribution in [2.45, 2.75) is 47.6 Å². The minimum absolute atomic E-state index is 0.0306. The molecule has 0 aliphatic carbocycles. The summed E-state index contributed by atoms with van der Waals surface area (Å²) in [5, 5.41) is 0. The Labute approximate surface area is 174 Å². The van der Waals surface area contributed by atoms with Gasteiger partial charge in [0.25, 0.3) is 0 Å². The molecular weight excluding hydrogens is 378 g/mol. The fraction of sp³-hybridized carbons (Fsp3) is 0.667. The third-order valence-corrected chi connectivity index (χ3v) is 2.92. The number of methoxy groups -OCH3 is 1. The normalized spacial score (nSPS) is 10.6. The molecule has 1 aromatic rings. The first-order valence-corrected chi connectivity index (χ1v) is 10.1. The van der Waals surface area contributed by atoms with E-state index < -0.39 is 18.0 Å². The van der Waals surface area contributed by atoms with Gasteiger partial charge in [0.2, 0.25) is 0 Å². The van der Waals surface area contributed by atoms with Crippen LogP contribution in [-0.4, -0.2) is 69.8 Å². The lowest BCUT2D eigenvalue weighted by atomic mass is 10.3. The smallest absolute Gasteiger partial charge is 0.357 e. The number of nitrogens with zero attached hydrogens (tertiary/aromatic N) is 1. The van der Waals surface area contributed by atoms with Crippen LogP contribution in [0.25, 0.3) is 0 Å². The summed E-state index contributed by atoms with van der Waals surface area (Å²) in [4.78, 5) is 27.9. The van der Waals surface area contributed by atoms with E-state index in [0.29, 0.717) is 26.4 Å². The first kappa shape index (κ1) is 29.2. The first-order chi connectivity index (χ1) is 14.1. The largest absolute Gasteiger partial charge is 0.459 e. The highest BCUT2D eigenvalue weighted by molar-refractivity contribution is 5.91. The van der Waals surface area contributed by atoms with Crippen molar-refractivity contribution in [2.75, 3.05) is 46.8 Å². The second-order valence-corrected chi connectivity index (χ2v) is 5.02. The zero-order valence-electron chi connectivity index (χ0n) is 18.9. The molecule has 1 aromatic heterocycles. The van der Waals surface area contributed by atoms with Gasteiger partial charge in [-0.05, 0) is 26.0 Å². The number of pyridine rings is 1. The lowest BCUT2D eigenvalue weighted by Crippen LogP contribution is -2.22. The minimum atomic E-state index is -0.633. The summed E-state index contributed by atoms with van der Waals surface area (Å²) in [7, 11) is 1.58. The summed E-state index contributed by atoms with van der Waals surface area (Å²) < 4.78 is 25.5. The van der Waals surface area contributed by atoms with E-state index in [1.165, 1.54) is 12.1 Å². The van der Waals surface area contributed by atoms with Crippen LogP contribution in [0.15, 0.2) is 18.2 Å². The number of aromatic nitrogens is 1. The highest BCUT2D eigenvalue weighted by Crippen LogP contribution is 2.05. The summed E-state index contributed by atoms with van der Waals surface area (Å²) in [5.74, 6) is -1.25. The third kappa shape index (κ3) is 14.6. The molecule has 0 aliphatic heterocycles. The van der Waals surface area contributed by atoms with Gasteiger partial charge in [-0.3, -0.25) is 0 Å². The molecule has 168 valence electrons. The molecule has 0 aromatic carbocycles. The maximum atomic E-state index is 12.1. The monoisotopic (exact) mass is 415 g/mol. The molecule has 0 saturated heterocycles. The van der Waals surface area contributed by atoms with E-state index in [1.54, 1.807) is 20.1 Å². The highest BCUT2D eigenvalue weighted by atomic mass is 16.6. The zero-order valence-corrected chi connectivity index (χ0v) is 18.9. The van der Waals surface area contributed by atoms with Gasteiger partial charge in [-0.15, -0.1) is 0 Å². The van der Waals surface area contributed by atoms with Crippen molar-refractivity contribution in [2.24, 2.45) is 0 Å². The Hall–Kier alpha value is -2.03. The quantitative estimate of drug-likeness (QED) is 0.378. The molecule has 1 unspecified atom stereocenters. The topological polar surface area (TPSA) is 93.2 Å². The van der Waals surface area contributed by atoms with Crippen molar-refractivity contribution in [1.82, 2.24) is 4.98 Å². The third-order valence-electron chi connectivity index (χ3n) is 2.92. The van der Waals surface area contributed by atoms with E-state index in [4.69, 9.17) is 23.7 Å². The molecule has 8 nitrogen and oxygen atoms in total. The van der Waals surface area contributed by atoms with E-state index in [0.717, 1.165) is 0 Å². The molecule has 0 bridgehead atoms. The summed E-state index contributed by atoms with van der Waals surface area (Å²) in [6.45, 7) is 13.7. The molecule has 0 saturated carbocycles. The standard InChI is InChI=1S/C17H25NO7.2C2H6/c1-4-22-10-11-24-16(19)14-6-5-7-15(18-14)17(20)25-13(2)12-23-9-8-21-3;2*1-2/h5-7,13H,4,8-12H2,1-3H3;2*1-2H3. The average Bonchev–Trinajstić information content (AvgIpc) is 2.77. The van der Waals surface area contributed by atoms with E-state index in [2.05, 4.69) is 4.98 Å². The Kier molecular flexibility index (Phi) is 20.8. The van der Waals surface area contributed by atoms with Crippen molar-refractivity contribution in [3.8, 4) is 0 Å². The predicted octanol–water partition coefficient (Wildman–Crippen LogP) is 3.54. The van der Waals surface area contributed by atoms with Gasteiger partial charge in [-0.25, -0.2) is 14.6 Å². The number of rotatable bonds is 12. The number of esters is 2. The van der Waals surface area contributed by atoms with Crippen molar-refractivity contribution >= 4 is 11.9 Å². The van der Waals surface area contributed by atoms with Crippen LogP contribution in [0.4, 0.5) is 0 Å². The van der Waals surface area contributed by atoms with Crippen molar-refractivity contribution in [1.29, 1.82) is 0 Å². The van der Waals surface area contributed by atoms with Crippen molar-refractivity contribution in [3.05, 3.63) is 29.6 Å². The van der Waals surface area contributed by atoms with Gasteiger partial charge >= 0.3 is 11.9 Å². The van der Waals surface area contributed by atoms with Crippen LogP contribution >= 0.6 is 0 Å². The van der Waals surface area contributed by atoms with E-state index in [-0.39, 0.29) is 24.6 Å². The highest BCUT2D eigenvalue weighted by Gasteiger charge is 2.16. The Morgan fingerprint density at radius 2 is 1.52 bits per heavy atom. The van der Waals surface area contributed by atoms with Crippen molar-refractivity contribution < 1.29 is 33.3 Å². The fourth-order valence-corrected chi connectivity index (χ4v) is 1.74. The van der Waals surface area contributed by atoms with Crippen LogP contribution in [0.1, 0.15) is 62.5 Å². The Morgan fingerprint density at radius 1 is 0.931 bits per heavy atom. The van der Waals surface area contributed by atoms with Gasteiger partial charge in [0.15, 0.2) is 0 Å². The van der Waals surface area contributed by atoms with Crippen LogP contribution in [0, 0.1) is 0 Å². The van der Waals surface area contributed by atoms with Crippen molar-refractivity contribution in [3.63, 3.8) is 0 Å². The van der Waals surface area contributed by atoms with Crippen LogP contribution < -0.4 is 0 Å². The van der Waals surface area contributed by atoms with Gasteiger partial charge in [-0.1, -0.05) is 33.8 Å². The van der Waals surface area contributed by atoms with Crippen LogP contribution in [0.5, 0.6) is 0 Å². The summed E-state index contributed by atoms with van der Waals surface area (Å²) in [5.41, 5.74) is 0.0675. The van der Waals surface area contributed by atoms with Gasteiger partial charge in [0.05, 0.1) is 26.4 Å². The van der Waals surface area contributed by atoms with E-state index in [1.807, 2.05) is 34.6 Å². The summed E-state index contributed by atoms with van der Waals surface area (Å²) in [6.07, 6.45) is -0.451. The maximum Gasteiger partial charge on any atom is 0.357 e. The van der Waals surface area contributed by atoms with Gasteiger partial charge in [0.1, 0.15) is 24.1 Å². The zero-order chi connectivity index (χ0) is 22.5. The second-order valence-electron chi connectivity index (χ2n) is 5.02. The van der Waals surface area contributed by atoms with Crippen LogP contribution in [-0.2, 0) is 23.7 Å². The number of carbonyl (C=O) groups excluding carboxylic acids is 2. The first-order valence-electron chi connectivity index (χ1n) is 10.1. The SMILES string of the molecule is CC.CC.CCOCCOC(=O)c1cccc(C(=O)OC(C)COCCOC)n1. The summed E-state index contributed by atoms with van der Waals surface area (Å²) in [6, 6.07) is 4.48. The van der Waals surface area contributed by atoms with Gasteiger partial charge in [0, 0.05) is 13.7 Å². The maximum absolute atomic E-state index is 12.1. The number of hydrogen-bond donors (Lipinski definition) is 0. The molecule has 29 heavy (non-hydrogen) atoms. The lowest BCUT2D eigenvalue weighted by molar-refractivity contribution is -0.00787. The predicted molar refractivity (Wildman–Crippen MR) is 111 cm³/mol. The molecule has 8 heteroatoms. The van der Waals surface area contributed by atoms with Gasteiger partial charge in [-0.2, -0.15) is 0 Å². The van der Waals surface area contributed by atoms with Crippen LogP contribution in [0.3, 0.4) is 0 Å². The number of ether oxygens (including phenoxy) is 5. The molecule has 1 rings (SSSR count). The lowest BCUT2D eigenvalue weighted by Gasteiger charge is -2.13. The van der Waals surface area contributed by atoms with E-state index in [9.17, 15) is 9.59 Å². The Bertz CT molecular complexity index is 538. The molecule has 0 spiro atoms. The fourth-order valence-electron chi connectivity index (χ4n) is 1.74. The Balaban J connectivity index is 0. The molecule has 0 fully saturated rings. The van der Waals surface area contributed by atoms with E-state index >= 15 is 0 Å².